The number of Topliss-reactive ketones (excluding diaryl/α,β-unsaturated/α-hetero) is 1. The lowest BCUT2D eigenvalue weighted by Crippen LogP contribution is -2.34. The normalized spacial score (nSPS) is 11.5. The highest BCUT2D eigenvalue weighted by Crippen LogP contribution is 2.24. The average Bonchev–Trinajstić information content (AvgIpc) is 2.65. The van der Waals surface area contributed by atoms with Crippen LogP contribution in [-0.4, -0.2) is 42.1 Å². The predicted molar refractivity (Wildman–Crippen MR) is 88.1 cm³/mol. The minimum absolute atomic E-state index is 0.308. The minimum atomic E-state index is -1.70. The highest BCUT2D eigenvalue weighted by Gasteiger charge is 2.26. The number of benzene rings is 2. The fourth-order valence-electron chi connectivity index (χ4n) is 2.10. The number of ether oxygens (including phenoxy) is 2. The standard InChI is InChI=1S/C18H15F2NO6/c19-11-6-7-13(16(20)15(11)17(21)24)27-14(8-22)18(25)26-9-12(23)10-4-2-1-3-5-10/h1-7,14,22H,8-9H2,(H2,21,24). The van der Waals surface area contributed by atoms with E-state index in [0.717, 1.165) is 12.1 Å². The number of hydrogen-bond donors (Lipinski definition) is 2. The average molecular weight is 379 g/mol. The van der Waals surface area contributed by atoms with Gasteiger partial charge in [-0.1, -0.05) is 30.3 Å². The number of esters is 1. The molecule has 0 fully saturated rings. The summed E-state index contributed by atoms with van der Waals surface area (Å²) >= 11 is 0. The van der Waals surface area contributed by atoms with Crippen molar-refractivity contribution < 1.29 is 37.7 Å². The first-order valence-electron chi connectivity index (χ1n) is 7.65. The molecular weight excluding hydrogens is 364 g/mol. The third kappa shape index (κ3) is 4.85. The van der Waals surface area contributed by atoms with Crippen molar-refractivity contribution in [3.8, 4) is 5.75 Å². The molecule has 2 aromatic rings. The summed E-state index contributed by atoms with van der Waals surface area (Å²) < 4.78 is 37.3. The molecule has 1 unspecified atom stereocenters. The second-order valence-corrected chi connectivity index (χ2v) is 5.28. The van der Waals surface area contributed by atoms with E-state index in [-0.39, 0.29) is 0 Å². The van der Waals surface area contributed by atoms with Gasteiger partial charge in [0.2, 0.25) is 6.10 Å². The van der Waals surface area contributed by atoms with Gasteiger partial charge in [-0.25, -0.2) is 13.6 Å². The van der Waals surface area contributed by atoms with Crippen molar-refractivity contribution in [2.24, 2.45) is 5.73 Å². The molecule has 27 heavy (non-hydrogen) atoms. The SMILES string of the molecule is NC(=O)c1c(F)ccc(OC(CO)C(=O)OCC(=O)c2ccccc2)c1F. The van der Waals surface area contributed by atoms with Gasteiger partial charge in [-0.2, -0.15) is 0 Å². The number of carbonyl (C=O) groups excluding carboxylic acids is 3. The van der Waals surface area contributed by atoms with Gasteiger partial charge < -0.3 is 20.3 Å². The molecule has 0 aliphatic carbocycles. The van der Waals surface area contributed by atoms with Crippen LogP contribution in [-0.2, 0) is 9.53 Å². The van der Waals surface area contributed by atoms with Crippen LogP contribution in [0.1, 0.15) is 20.7 Å². The molecule has 1 atom stereocenters. The van der Waals surface area contributed by atoms with Crippen molar-refractivity contribution >= 4 is 17.7 Å². The van der Waals surface area contributed by atoms with Gasteiger partial charge in [0.1, 0.15) is 11.4 Å². The first-order valence-corrected chi connectivity index (χ1v) is 7.65. The molecule has 0 aliphatic rings. The van der Waals surface area contributed by atoms with Gasteiger partial charge in [0.15, 0.2) is 24.0 Å². The molecule has 142 valence electrons. The molecule has 0 radical (unpaired) electrons. The Hall–Kier alpha value is -3.33. The van der Waals surface area contributed by atoms with Gasteiger partial charge in [0, 0.05) is 5.56 Å². The number of hydrogen-bond acceptors (Lipinski definition) is 6. The Kier molecular flexibility index (Phi) is 6.56. The lowest BCUT2D eigenvalue weighted by Gasteiger charge is -2.17. The first kappa shape index (κ1) is 20.0. The molecule has 0 heterocycles. The number of aliphatic hydroxyl groups is 1. The molecule has 0 saturated carbocycles. The number of amides is 1. The number of carbonyl (C=O) groups is 3. The fourth-order valence-corrected chi connectivity index (χ4v) is 2.10. The number of aliphatic hydroxyl groups excluding tert-OH is 1. The summed E-state index contributed by atoms with van der Waals surface area (Å²) in [5.41, 5.74) is 4.15. The van der Waals surface area contributed by atoms with Crippen LogP contribution in [0.25, 0.3) is 0 Å². The maximum Gasteiger partial charge on any atom is 0.350 e. The summed E-state index contributed by atoms with van der Waals surface area (Å²) in [6, 6.07) is 9.55. The second kappa shape index (κ2) is 8.86. The van der Waals surface area contributed by atoms with E-state index >= 15 is 0 Å². The molecule has 1 amide bonds. The van der Waals surface area contributed by atoms with Crippen LogP contribution in [0.3, 0.4) is 0 Å². The lowest BCUT2D eigenvalue weighted by atomic mass is 10.1. The molecule has 0 spiro atoms. The van der Waals surface area contributed by atoms with Crippen molar-refractivity contribution in [2.75, 3.05) is 13.2 Å². The zero-order chi connectivity index (χ0) is 20.0. The Balaban J connectivity index is 2.06. The highest BCUT2D eigenvalue weighted by molar-refractivity contribution is 5.98. The van der Waals surface area contributed by atoms with E-state index in [1.807, 2.05) is 0 Å². The third-order valence-electron chi connectivity index (χ3n) is 3.44. The van der Waals surface area contributed by atoms with E-state index in [1.165, 1.54) is 12.1 Å². The lowest BCUT2D eigenvalue weighted by molar-refractivity contribution is -0.152. The molecule has 0 aromatic heterocycles. The van der Waals surface area contributed by atoms with E-state index < -0.39 is 59.9 Å². The van der Waals surface area contributed by atoms with Gasteiger partial charge in [-0.3, -0.25) is 9.59 Å². The highest BCUT2D eigenvalue weighted by atomic mass is 19.1. The maximum absolute atomic E-state index is 14.1. The van der Waals surface area contributed by atoms with Gasteiger partial charge in [-0.15, -0.1) is 0 Å². The van der Waals surface area contributed by atoms with Crippen molar-refractivity contribution in [1.29, 1.82) is 0 Å². The summed E-state index contributed by atoms with van der Waals surface area (Å²) in [4.78, 5) is 35.0. The Labute approximate surface area is 152 Å². The van der Waals surface area contributed by atoms with Gasteiger partial charge in [0.25, 0.3) is 5.91 Å². The van der Waals surface area contributed by atoms with Crippen LogP contribution in [0.5, 0.6) is 5.75 Å². The summed E-state index contributed by atoms with van der Waals surface area (Å²) in [5.74, 6) is -6.32. The van der Waals surface area contributed by atoms with E-state index in [4.69, 9.17) is 15.2 Å². The van der Waals surface area contributed by atoms with Crippen LogP contribution in [0, 0.1) is 11.6 Å². The fraction of sp³-hybridized carbons (Fsp3) is 0.167. The Bertz CT molecular complexity index is 856. The smallest absolute Gasteiger partial charge is 0.350 e. The number of rotatable bonds is 8. The van der Waals surface area contributed by atoms with Gasteiger partial charge in [-0.05, 0) is 12.1 Å². The minimum Gasteiger partial charge on any atom is -0.473 e. The second-order valence-electron chi connectivity index (χ2n) is 5.28. The quantitative estimate of drug-likeness (QED) is 0.526. The zero-order valence-corrected chi connectivity index (χ0v) is 13.9. The van der Waals surface area contributed by atoms with Crippen molar-refractivity contribution in [1.82, 2.24) is 0 Å². The molecular formula is C18H15F2NO6. The Morgan fingerprint density at radius 3 is 2.33 bits per heavy atom. The molecule has 0 saturated heterocycles. The van der Waals surface area contributed by atoms with Gasteiger partial charge >= 0.3 is 5.97 Å². The van der Waals surface area contributed by atoms with Crippen LogP contribution in [0.2, 0.25) is 0 Å². The predicted octanol–water partition coefficient (Wildman–Crippen LogP) is 1.23. The molecule has 3 N–H and O–H groups in total. The summed E-state index contributed by atoms with van der Waals surface area (Å²) in [7, 11) is 0. The molecule has 2 aromatic carbocycles. The largest absolute Gasteiger partial charge is 0.473 e. The number of primary amides is 1. The summed E-state index contributed by atoms with van der Waals surface area (Å²) in [6.07, 6.45) is -1.70. The van der Waals surface area contributed by atoms with E-state index in [9.17, 15) is 28.3 Å². The topological polar surface area (TPSA) is 116 Å². The Morgan fingerprint density at radius 2 is 1.74 bits per heavy atom. The summed E-state index contributed by atoms with van der Waals surface area (Å²) in [6.45, 7) is -1.54. The summed E-state index contributed by atoms with van der Waals surface area (Å²) in [5, 5.41) is 9.27. The van der Waals surface area contributed by atoms with E-state index in [1.54, 1.807) is 18.2 Å². The van der Waals surface area contributed by atoms with Crippen LogP contribution in [0.4, 0.5) is 8.78 Å². The van der Waals surface area contributed by atoms with Crippen LogP contribution in [0.15, 0.2) is 42.5 Å². The molecule has 7 nitrogen and oxygen atoms in total. The Morgan fingerprint density at radius 1 is 1.07 bits per heavy atom. The first-order chi connectivity index (χ1) is 12.8. The zero-order valence-electron chi connectivity index (χ0n) is 13.9. The van der Waals surface area contributed by atoms with Crippen molar-refractivity contribution in [3.05, 3.63) is 65.2 Å². The van der Waals surface area contributed by atoms with E-state index in [2.05, 4.69) is 0 Å². The number of nitrogens with two attached hydrogens (primary N) is 1. The monoisotopic (exact) mass is 379 g/mol. The molecule has 2 rings (SSSR count). The van der Waals surface area contributed by atoms with Crippen LogP contribution < -0.4 is 10.5 Å². The van der Waals surface area contributed by atoms with Crippen molar-refractivity contribution in [3.63, 3.8) is 0 Å². The third-order valence-corrected chi connectivity index (χ3v) is 3.44. The van der Waals surface area contributed by atoms with Crippen LogP contribution >= 0.6 is 0 Å². The molecule has 0 aliphatic heterocycles. The maximum atomic E-state index is 14.1. The molecule has 0 bridgehead atoms. The van der Waals surface area contributed by atoms with Gasteiger partial charge in [0.05, 0.1) is 6.61 Å². The van der Waals surface area contributed by atoms with E-state index in [0.29, 0.717) is 5.56 Å². The van der Waals surface area contributed by atoms with Crippen molar-refractivity contribution in [2.45, 2.75) is 6.10 Å². The molecule has 9 heteroatoms. The number of ketones is 1. The number of halogens is 2.